The Morgan fingerprint density at radius 1 is 1.24 bits per heavy atom. The molecule has 4 N–H and O–H groups in total. The Hall–Kier alpha value is -1.88. The van der Waals surface area contributed by atoms with Crippen LogP contribution in [0.4, 0.5) is 5.69 Å². The van der Waals surface area contributed by atoms with Crippen molar-refractivity contribution in [2.45, 2.75) is 45.1 Å². The average molecular weight is 290 g/mol. The van der Waals surface area contributed by atoms with Crippen LogP contribution in [0, 0.1) is 12.8 Å². The lowest BCUT2D eigenvalue weighted by atomic mass is 9.94. The second-order valence-electron chi connectivity index (χ2n) is 5.73. The van der Waals surface area contributed by atoms with Crippen molar-refractivity contribution in [3.63, 3.8) is 0 Å². The Labute approximate surface area is 124 Å². The van der Waals surface area contributed by atoms with Gasteiger partial charge in [0.15, 0.2) is 0 Å². The molecule has 1 aliphatic carbocycles. The Balaban J connectivity index is 2.08. The Bertz CT molecular complexity index is 542. The van der Waals surface area contributed by atoms with Gasteiger partial charge in [0.2, 0.25) is 5.91 Å². The van der Waals surface area contributed by atoms with Crippen molar-refractivity contribution in [1.82, 2.24) is 0 Å². The summed E-state index contributed by atoms with van der Waals surface area (Å²) in [5, 5.41) is 11.9. The van der Waals surface area contributed by atoms with E-state index in [0.29, 0.717) is 11.3 Å². The van der Waals surface area contributed by atoms with E-state index in [1.54, 1.807) is 19.1 Å². The highest BCUT2D eigenvalue weighted by Gasteiger charge is 2.27. The lowest BCUT2D eigenvalue weighted by Crippen LogP contribution is -2.37. The van der Waals surface area contributed by atoms with Crippen LogP contribution >= 0.6 is 0 Å². The van der Waals surface area contributed by atoms with Gasteiger partial charge in [-0.1, -0.05) is 19.3 Å². The molecule has 1 amide bonds. The third-order valence-electron chi connectivity index (χ3n) is 4.13. The largest absolute Gasteiger partial charge is 0.478 e. The van der Waals surface area contributed by atoms with Gasteiger partial charge >= 0.3 is 5.97 Å². The number of hydrogen-bond donors (Lipinski definition) is 3. The Morgan fingerprint density at radius 2 is 1.95 bits per heavy atom. The standard InChI is InChI=1S/C16H22N2O3/c1-10-9-11(7-8-12(10)16(20)21)18-15(19)13-5-3-2-4-6-14(13)17/h7-9,13-14H,2-6,17H2,1H3,(H,18,19)(H,20,21). The monoisotopic (exact) mass is 290 g/mol. The maximum absolute atomic E-state index is 12.4. The predicted octanol–water partition coefficient (Wildman–Crippen LogP) is 2.54. The molecule has 0 spiro atoms. The van der Waals surface area contributed by atoms with E-state index >= 15 is 0 Å². The van der Waals surface area contributed by atoms with Gasteiger partial charge in [0.25, 0.3) is 0 Å². The SMILES string of the molecule is Cc1cc(NC(=O)C2CCCCCC2N)ccc1C(=O)O. The molecule has 0 bridgehead atoms. The van der Waals surface area contributed by atoms with Crippen LogP contribution in [0.5, 0.6) is 0 Å². The second kappa shape index (κ2) is 6.72. The average Bonchev–Trinajstić information content (AvgIpc) is 2.63. The zero-order valence-corrected chi connectivity index (χ0v) is 12.3. The van der Waals surface area contributed by atoms with E-state index in [-0.39, 0.29) is 23.4 Å². The van der Waals surface area contributed by atoms with Gasteiger partial charge < -0.3 is 16.2 Å². The van der Waals surface area contributed by atoms with Crippen LogP contribution in [0.3, 0.4) is 0 Å². The molecule has 5 heteroatoms. The van der Waals surface area contributed by atoms with E-state index in [0.717, 1.165) is 32.1 Å². The predicted molar refractivity (Wildman–Crippen MR) is 81.3 cm³/mol. The van der Waals surface area contributed by atoms with Gasteiger partial charge in [-0.05, 0) is 43.5 Å². The summed E-state index contributed by atoms with van der Waals surface area (Å²) < 4.78 is 0. The number of aryl methyl sites for hydroxylation is 1. The summed E-state index contributed by atoms with van der Waals surface area (Å²) in [5.74, 6) is -1.19. The molecule has 0 aliphatic heterocycles. The number of benzene rings is 1. The van der Waals surface area contributed by atoms with E-state index in [9.17, 15) is 9.59 Å². The van der Waals surface area contributed by atoms with Gasteiger partial charge in [-0.3, -0.25) is 4.79 Å². The molecule has 0 aromatic heterocycles. The highest BCUT2D eigenvalue weighted by Crippen LogP contribution is 2.24. The molecule has 0 heterocycles. The maximum atomic E-state index is 12.4. The molecular formula is C16H22N2O3. The lowest BCUT2D eigenvalue weighted by Gasteiger charge is -2.20. The van der Waals surface area contributed by atoms with E-state index in [1.807, 2.05) is 0 Å². The van der Waals surface area contributed by atoms with Gasteiger partial charge in [0.1, 0.15) is 0 Å². The van der Waals surface area contributed by atoms with Crippen LogP contribution in [0.25, 0.3) is 0 Å². The van der Waals surface area contributed by atoms with Gasteiger partial charge in [-0.15, -0.1) is 0 Å². The maximum Gasteiger partial charge on any atom is 0.335 e. The van der Waals surface area contributed by atoms with Crippen LogP contribution in [0.1, 0.15) is 48.0 Å². The number of nitrogens with two attached hydrogens (primary N) is 1. The molecule has 114 valence electrons. The fourth-order valence-electron chi connectivity index (χ4n) is 2.88. The zero-order chi connectivity index (χ0) is 15.4. The summed E-state index contributed by atoms with van der Waals surface area (Å²) in [4.78, 5) is 23.3. The van der Waals surface area contributed by atoms with Crippen molar-refractivity contribution in [1.29, 1.82) is 0 Å². The molecule has 2 unspecified atom stereocenters. The Kier molecular flexibility index (Phi) is 4.96. The van der Waals surface area contributed by atoms with Gasteiger partial charge in [0.05, 0.1) is 11.5 Å². The second-order valence-corrected chi connectivity index (χ2v) is 5.73. The number of carbonyl (C=O) groups is 2. The van der Waals surface area contributed by atoms with E-state index in [4.69, 9.17) is 10.8 Å². The highest BCUT2D eigenvalue weighted by atomic mass is 16.4. The minimum Gasteiger partial charge on any atom is -0.478 e. The third kappa shape index (κ3) is 3.82. The molecule has 1 aliphatic rings. The first-order valence-electron chi connectivity index (χ1n) is 7.39. The van der Waals surface area contributed by atoms with Gasteiger partial charge in [0, 0.05) is 11.7 Å². The number of aromatic carboxylic acids is 1. The molecule has 0 radical (unpaired) electrons. The molecule has 5 nitrogen and oxygen atoms in total. The first-order valence-corrected chi connectivity index (χ1v) is 7.39. The zero-order valence-electron chi connectivity index (χ0n) is 12.3. The summed E-state index contributed by atoms with van der Waals surface area (Å²) in [5.41, 5.74) is 7.59. The quantitative estimate of drug-likeness (QED) is 0.746. The molecule has 1 aromatic rings. The summed E-state index contributed by atoms with van der Waals surface area (Å²) in [6, 6.07) is 4.73. The number of carboxylic acids is 1. The first-order chi connectivity index (χ1) is 9.99. The van der Waals surface area contributed by atoms with Crippen LogP contribution in [0.2, 0.25) is 0 Å². The number of nitrogens with one attached hydrogen (secondary N) is 1. The van der Waals surface area contributed by atoms with Crippen LogP contribution in [0.15, 0.2) is 18.2 Å². The molecule has 2 rings (SSSR count). The van der Waals surface area contributed by atoms with E-state index in [1.165, 1.54) is 6.07 Å². The van der Waals surface area contributed by atoms with E-state index in [2.05, 4.69) is 5.32 Å². The fraction of sp³-hybridized carbons (Fsp3) is 0.500. The van der Waals surface area contributed by atoms with Crippen LogP contribution < -0.4 is 11.1 Å². The van der Waals surface area contributed by atoms with Gasteiger partial charge in [-0.25, -0.2) is 4.79 Å². The van der Waals surface area contributed by atoms with E-state index < -0.39 is 5.97 Å². The number of amides is 1. The molecule has 1 saturated carbocycles. The van der Waals surface area contributed by atoms with Gasteiger partial charge in [-0.2, -0.15) is 0 Å². The number of anilines is 1. The van der Waals surface area contributed by atoms with Crippen molar-refractivity contribution < 1.29 is 14.7 Å². The minimum atomic E-state index is -0.962. The summed E-state index contributed by atoms with van der Waals surface area (Å²) in [7, 11) is 0. The summed E-state index contributed by atoms with van der Waals surface area (Å²) in [6.07, 6.45) is 4.94. The van der Waals surface area contributed by atoms with Crippen molar-refractivity contribution >= 4 is 17.6 Å². The third-order valence-corrected chi connectivity index (χ3v) is 4.13. The fourth-order valence-corrected chi connectivity index (χ4v) is 2.88. The van der Waals surface area contributed by atoms with Crippen molar-refractivity contribution in [3.8, 4) is 0 Å². The van der Waals surface area contributed by atoms with Crippen molar-refractivity contribution in [3.05, 3.63) is 29.3 Å². The summed E-state index contributed by atoms with van der Waals surface area (Å²) in [6.45, 7) is 1.72. The summed E-state index contributed by atoms with van der Waals surface area (Å²) >= 11 is 0. The minimum absolute atomic E-state index is 0.0631. The van der Waals surface area contributed by atoms with Crippen molar-refractivity contribution in [2.75, 3.05) is 5.32 Å². The molecule has 0 saturated heterocycles. The Morgan fingerprint density at radius 3 is 2.62 bits per heavy atom. The topological polar surface area (TPSA) is 92.4 Å². The first kappa shape index (κ1) is 15.5. The number of hydrogen-bond acceptors (Lipinski definition) is 3. The number of carboxylic acid groups (broad SMARTS) is 1. The van der Waals surface area contributed by atoms with Crippen LogP contribution in [-0.2, 0) is 4.79 Å². The normalized spacial score (nSPS) is 22.4. The molecule has 1 aromatic carbocycles. The van der Waals surface area contributed by atoms with Crippen LogP contribution in [-0.4, -0.2) is 23.0 Å². The number of rotatable bonds is 3. The highest BCUT2D eigenvalue weighted by molar-refractivity contribution is 5.94. The molecular weight excluding hydrogens is 268 g/mol. The molecule has 1 fully saturated rings. The molecule has 2 atom stereocenters. The van der Waals surface area contributed by atoms with Crippen molar-refractivity contribution in [2.24, 2.45) is 11.7 Å². The molecule has 21 heavy (non-hydrogen) atoms. The lowest BCUT2D eigenvalue weighted by molar-refractivity contribution is -0.120. The number of carbonyl (C=O) groups excluding carboxylic acids is 1. The smallest absolute Gasteiger partial charge is 0.335 e.